The van der Waals surface area contributed by atoms with Crippen LogP contribution in [-0.2, 0) is 14.9 Å². The number of carbonyl (C=O) groups is 1. The van der Waals surface area contributed by atoms with Gasteiger partial charge in [0.05, 0.1) is 6.10 Å². The van der Waals surface area contributed by atoms with Gasteiger partial charge in [-0.3, -0.25) is 0 Å². The Bertz CT molecular complexity index is 405. The third-order valence-corrected chi connectivity index (χ3v) is 4.70. The largest absolute Gasteiger partial charge is 0.446 e. The van der Waals surface area contributed by atoms with Gasteiger partial charge in [-0.1, -0.05) is 13.8 Å². The molecule has 0 saturated heterocycles. The molecule has 1 amide bonds. The summed E-state index contributed by atoms with van der Waals surface area (Å²) in [7, 11) is -3.98. The molecule has 20 heavy (non-hydrogen) atoms. The molecule has 0 heterocycles. The number of nitrogens with one attached hydrogen (secondary N) is 1. The van der Waals surface area contributed by atoms with Gasteiger partial charge in [-0.05, 0) is 33.6 Å². The maximum absolute atomic E-state index is 12.3. The van der Waals surface area contributed by atoms with E-state index in [0.29, 0.717) is 12.8 Å². The molecule has 0 fully saturated rings. The molecule has 0 aromatic rings. The fourth-order valence-corrected chi connectivity index (χ4v) is 3.28. The van der Waals surface area contributed by atoms with Gasteiger partial charge in [-0.2, -0.15) is 12.7 Å². The van der Waals surface area contributed by atoms with Crippen LogP contribution in [0.3, 0.4) is 0 Å². The average molecular weight is 309 g/mol. The van der Waals surface area contributed by atoms with Crippen LogP contribution in [-0.4, -0.2) is 43.5 Å². The third kappa shape index (κ3) is 5.26. The molecule has 0 aromatic carbocycles. The second-order valence-electron chi connectivity index (χ2n) is 5.19. The zero-order valence-corrected chi connectivity index (χ0v) is 13.8. The topological polar surface area (TPSA) is 102 Å². The van der Waals surface area contributed by atoms with Gasteiger partial charge in [-0.15, -0.1) is 0 Å². The summed E-state index contributed by atoms with van der Waals surface area (Å²) in [6.07, 6.45) is -0.201. The molecule has 0 aliphatic rings. The van der Waals surface area contributed by atoms with Gasteiger partial charge in [0.1, 0.15) is 0 Å². The monoisotopic (exact) mass is 309 g/mol. The maximum Gasteiger partial charge on any atom is 0.422 e. The summed E-state index contributed by atoms with van der Waals surface area (Å²) in [5.74, 6) is 0. The van der Waals surface area contributed by atoms with Crippen LogP contribution in [0.15, 0.2) is 0 Å². The molecular weight excluding hydrogens is 282 g/mol. The van der Waals surface area contributed by atoms with Crippen LogP contribution >= 0.6 is 0 Å². The standard InChI is InChI=1S/C12H27N3O4S/c1-6-8-15(12(5,7-2)9-13)20(17,18)14-11(16)19-10(3)4/h10H,6-9,13H2,1-5H3,(H,14,16). The molecule has 0 radical (unpaired) electrons. The first kappa shape index (κ1) is 19.1. The van der Waals surface area contributed by atoms with E-state index in [-0.39, 0.29) is 13.1 Å². The molecule has 1 unspecified atom stereocenters. The van der Waals surface area contributed by atoms with Gasteiger partial charge in [-0.25, -0.2) is 9.52 Å². The SMILES string of the molecule is CCCN(C(C)(CC)CN)S(=O)(=O)NC(=O)OC(C)C. The zero-order chi connectivity index (χ0) is 16.0. The Balaban J connectivity index is 5.21. The van der Waals surface area contributed by atoms with Gasteiger partial charge in [0.2, 0.25) is 0 Å². The lowest BCUT2D eigenvalue weighted by Gasteiger charge is -2.38. The van der Waals surface area contributed by atoms with Crippen LogP contribution < -0.4 is 10.5 Å². The second-order valence-corrected chi connectivity index (χ2v) is 6.78. The van der Waals surface area contributed by atoms with Crippen LogP contribution in [0.1, 0.15) is 47.5 Å². The fraction of sp³-hybridized carbons (Fsp3) is 0.917. The highest BCUT2D eigenvalue weighted by Gasteiger charge is 2.38. The van der Waals surface area contributed by atoms with E-state index in [2.05, 4.69) is 0 Å². The molecule has 8 heteroatoms. The summed E-state index contributed by atoms with van der Waals surface area (Å²) in [6.45, 7) is 9.22. The Morgan fingerprint density at radius 3 is 2.30 bits per heavy atom. The van der Waals surface area contributed by atoms with Crippen molar-refractivity contribution in [1.82, 2.24) is 9.03 Å². The second kappa shape index (κ2) is 7.80. The summed E-state index contributed by atoms with van der Waals surface area (Å²) in [5, 5.41) is 0. The van der Waals surface area contributed by atoms with E-state index < -0.39 is 27.9 Å². The quantitative estimate of drug-likeness (QED) is 0.701. The third-order valence-electron chi connectivity index (χ3n) is 3.08. The minimum Gasteiger partial charge on any atom is -0.446 e. The number of hydrogen-bond acceptors (Lipinski definition) is 5. The predicted molar refractivity (Wildman–Crippen MR) is 78.4 cm³/mol. The highest BCUT2D eigenvalue weighted by molar-refractivity contribution is 7.87. The van der Waals surface area contributed by atoms with E-state index in [9.17, 15) is 13.2 Å². The summed E-state index contributed by atoms with van der Waals surface area (Å²) in [5.41, 5.74) is 4.97. The van der Waals surface area contributed by atoms with Crippen molar-refractivity contribution in [3.05, 3.63) is 0 Å². The van der Waals surface area contributed by atoms with Crippen LogP contribution in [0.2, 0.25) is 0 Å². The molecule has 0 rings (SSSR count). The van der Waals surface area contributed by atoms with E-state index in [4.69, 9.17) is 10.5 Å². The first-order valence-corrected chi connectivity index (χ1v) is 8.28. The van der Waals surface area contributed by atoms with Crippen LogP contribution in [0.4, 0.5) is 4.79 Å². The van der Waals surface area contributed by atoms with Crippen molar-refractivity contribution in [1.29, 1.82) is 0 Å². The number of hydrogen-bond donors (Lipinski definition) is 2. The average Bonchev–Trinajstić information content (AvgIpc) is 2.33. The number of rotatable bonds is 8. The Morgan fingerprint density at radius 1 is 1.40 bits per heavy atom. The number of ether oxygens (including phenoxy) is 1. The molecular formula is C12H27N3O4S. The first-order valence-electron chi connectivity index (χ1n) is 6.84. The molecule has 7 nitrogen and oxygen atoms in total. The fourth-order valence-electron chi connectivity index (χ4n) is 1.70. The lowest BCUT2D eigenvalue weighted by molar-refractivity contribution is 0.120. The minimum absolute atomic E-state index is 0.170. The number of amides is 1. The Labute approximate surface area is 122 Å². The molecule has 0 spiro atoms. The van der Waals surface area contributed by atoms with Crippen molar-refractivity contribution >= 4 is 16.3 Å². The lowest BCUT2D eigenvalue weighted by atomic mass is 9.99. The summed E-state index contributed by atoms with van der Waals surface area (Å²) < 4.78 is 32.6. The Kier molecular flexibility index (Phi) is 7.46. The minimum atomic E-state index is -3.98. The van der Waals surface area contributed by atoms with E-state index in [0.717, 1.165) is 0 Å². The maximum atomic E-state index is 12.3. The normalized spacial score (nSPS) is 15.2. The number of nitrogens with two attached hydrogens (primary N) is 1. The van der Waals surface area contributed by atoms with Crippen molar-refractivity contribution in [2.75, 3.05) is 13.1 Å². The molecule has 0 saturated carbocycles. The van der Waals surface area contributed by atoms with Gasteiger partial charge < -0.3 is 10.5 Å². The summed E-state index contributed by atoms with van der Waals surface area (Å²) in [4.78, 5) is 11.5. The molecule has 0 aliphatic carbocycles. The van der Waals surface area contributed by atoms with Gasteiger partial charge in [0.25, 0.3) is 0 Å². The zero-order valence-electron chi connectivity index (χ0n) is 13.0. The summed E-state index contributed by atoms with van der Waals surface area (Å²) >= 11 is 0. The molecule has 0 aliphatic heterocycles. The van der Waals surface area contributed by atoms with Crippen LogP contribution in [0.25, 0.3) is 0 Å². The lowest BCUT2D eigenvalue weighted by Crippen LogP contribution is -2.58. The van der Waals surface area contributed by atoms with Crippen LogP contribution in [0, 0.1) is 0 Å². The van der Waals surface area contributed by atoms with Gasteiger partial charge in [0.15, 0.2) is 0 Å². The van der Waals surface area contributed by atoms with E-state index >= 15 is 0 Å². The van der Waals surface area contributed by atoms with Crippen molar-refractivity contribution in [2.45, 2.75) is 59.1 Å². The van der Waals surface area contributed by atoms with Crippen molar-refractivity contribution in [2.24, 2.45) is 5.73 Å². The first-order chi connectivity index (χ1) is 9.12. The Morgan fingerprint density at radius 2 is 1.95 bits per heavy atom. The van der Waals surface area contributed by atoms with Gasteiger partial charge >= 0.3 is 16.3 Å². The summed E-state index contributed by atoms with van der Waals surface area (Å²) in [6, 6.07) is 0. The molecule has 120 valence electrons. The van der Waals surface area contributed by atoms with Gasteiger partial charge in [0, 0.05) is 18.6 Å². The smallest absolute Gasteiger partial charge is 0.422 e. The van der Waals surface area contributed by atoms with Crippen LogP contribution in [0.5, 0.6) is 0 Å². The van der Waals surface area contributed by atoms with E-state index in [1.54, 1.807) is 20.8 Å². The highest BCUT2D eigenvalue weighted by atomic mass is 32.2. The highest BCUT2D eigenvalue weighted by Crippen LogP contribution is 2.21. The predicted octanol–water partition coefficient (Wildman–Crippen LogP) is 1.21. The Hall–Kier alpha value is -0.860. The number of carbonyl (C=O) groups excluding carboxylic acids is 1. The van der Waals surface area contributed by atoms with E-state index in [1.165, 1.54) is 4.31 Å². The van der Waals surface area contributed by atoms with Crippen molar-refractivity contribution in [3.8, 4) is 0 Å². The van der Waals surface area contributed by atoms with Crippen molar-refractivity contribution in [3.63, 3.8) is 0 Å². The molecule has 0 bridgehead atoms. The molecule has 3 N–H and O–H groups in total. The van der Waals surface area contributed by atoms with Crippen molar-refractivity contribution < 1.29 is 17.9 Å². The molecule has 0 aromatic heterocycles. The molecule has 1 atom stereocenters. The number of nitrogens with zero attached hydrogens (tertiary/aromatic N) is 1. The van der Waals surface area contributed by atoms with E-state index in [1.807, 2.05) is 18.6 Å².